The Balaban J connectivity index is 1.73. The first-order valence-electron chi connectivity index (χ1n) is 10.7. The molecule has 1 atom stereocenters. The number of rotatable bonds is 8. The Morgan fingerprint density at radius 3 is 2.32 bits per heavy atom. The van der Waals surface area contributed by atoms with Crippen LogP contribution in [0.15, 0.2) is 72.8 Å². The molecule has 0 bridgehead atoms. The molecular formula is C27H27FN2O. The quantitative estimate of drug-likeness (QED) is 0.403. The summed E-state index contributed by atoms with van der Waals surface area (Å²) in [5, 5.41) is 11.2. The van der Waals surface area contributed by atoms with Gasteiger partial charge in [-0.3, -0.25) is 4.79 Å². The van der Waals surface area contributed by atoms with Crippen LogP contribution in [0, 0.1) is 22.6 Å². The largest absolute Gasteiger partial charge is 0.355 e. The second-order valence-electron chi connectivity index (χ2n) is 8.83. The van der Waals surface area contributed by atoms with Crippen LogP contribution in [0.2, 0.25) is 0 Å². The molecule has 0 spiro atoms. The first-order valence-corrected chi connectivity index (χ1v) is 10.7. The van der Waals surface area contributed by atoms with E-state index in [0.717, 1.165) is 40.9 Å². The number of carbonyl (C=O) groups excluding carboxylic acids is 1. The highest BCUT2D eigenvalue weighted by Crippen LogP contribution is 2.47. The molecule has 1 aliphatic carbocycles. The average molecular weight is 415 g/mol. The molecule has 1 fully saturated rings. The Labute approximate surface area is 182 Å². The zero-order valence-electron chi connectivity index (χ0n) is 17.9. The second-order valence-corrected chi connectivity index (χ2v) is 8.83. The molecule has 31 heavy (non-hydrogen) atoms. The summed E-state index contributed by atoms with van der Waals surface area (Å²) in [5.74, 6) is 0.0796. The molecule has 1 aliphatic rings. The van der Waals surface area contributed by atoms with Gasteiger partial charge in [0.25, 0.3) is 0 Å². The summed E-state index contributed by atoms with van der Waals surface area (Å²) in [5.41, 5.74) is 3.78. The minimum Gasteiger partial charge on any atom is -0.355 e. The lowest BCUT2D eigenvalue weighted by molar-refractivity contribution is -0.129. The molecule has 4 heteroatoms. The van der Waals surface area contributed by atoms with Crippen molar-refractivity contribution in [2.75, 3.05) is 5.32 Å². The van der Waals surface area contributed by atoms with E-state index in [0.29, 0.717) is 5.78 Å². The number of ketones is 1. The molecule has 3 nitrogen and oxygen atoms in total. The maximum atomic E-state index is 13.2. The molecule has 3 aromatic carbocycles. The van der Waals surface area contributed by atoms with Crippen molar-refractivity contribution in [1.82, 2.24) is 0 Å². The van der Waals surface area contributed by atoms with Crippen LogP contribution in [-0.2, 0) is 4.79 Å². The number of hydrogen-bond donors (Lipinski definition) is 2. The molecule has 158 valence electrons. The summed E-state index contributed by atoms with van der Waals surface area (Å²) in [6.07, 6.45) is 3.28. The van der Waals surface area contributed by atoms with Crippen LogP contribution >= 0.6 is 0 Å². The third kappa shape index (κ3) is 4.43. The number of benzene rings is 3. The van der Waals surface area contributed by atoms with E-state index < -0.39 is 5.41 Å². The average Bonchev–Trinajstić information content (AvgIpc) is 3.62. The van der Waals surface area contributed by atoms with Crippen molar-refractivity contribution in [3.63, 3.8) is 0 Å². The fraction of sp³-hybridized carbons (Fsp3) is 0.259. The lowest BCUT2D eigenvalue weighted by atomic mass is 9.67. The molecule has 0 amide bonds. The molecule has 0 aromatic heterocycles. The summed E-state index contributed by atoms with van der Waals surface area (Å²) in [4.78, 5) is 13.2. The van der Waals surface area contributed by atoms with E-state index >= 15 is 0 Å². The molecule has 1 unspecified atom stereocenters. The van der Waals surface area contributed by atoms with Gasteiger partial charge in [0, 0.05) is 40.4 Å². The molecule has 4 rings (SSSR count). The van der Waals surface area contributed by atoms with Gasteiger partial charge in [0.15, 0.2) is 0 Å². The van der Waals surface area contributed by atoms with Crippen molar-refractivity contribution >= 4 is 23.4 Å². The van der Waals surface area contributed by atoms with E-state index in [9.17, 15) is 9.18 Å². The van der Waals surface area contributed by atoms with Gasteiger partial charge in [-0.25, -0.2) is 4.39 Å². The molecule has 1 saturated carbocycles. The van der Waals surface area contributed by atoms with Crippen molar-refractivity contribution in [2.45, 2.75) is 32.6 Å². The van der Waals surface area contributed by atoms with Crippen molar-refractivity contribution in [2.24, 2.45) is 11.3 Å². The van der Waals surface area contributed by atoms with Crippen LogP contribution in [0.3, 0.4) is 0 Å². The summed E-state index contributed by atoms with van der Waals surface area (Å²) in [6, 6.07) is 22.2. The standard InChI is InChI=1S/C27H27FN2O/c1-27(2,26(31)19-8-9-19)25(18-6-4-3-5-7-18)20-10-15-24(21(16-20)17-29)30-23-13-11-22(28)12-14-23/h3-7,10-17,19,25,29-30H,8-9H2,1-2H3. The Hall–Kier alpha value is -3.27. The van der Waals surface area contributed by atoms with E-state index in [1.54, 1.807) is 12.1 Å². The van der Waals surface area contributed by atoms with Crippen LogP contribution in [0.1, 0.15) is 49.3 Å². The SMILES string of the molecule is CC(C)(C(=O)C1CC1)C(c1ccccc1)c1ccc(Nc2ccc(F)cc2)c(C=N)c1. The van der Waals surface area contributed by atoms with Gasteiger partial charge in [-0.05, 0) is 60.4 Å². The minimum atomic E-state index is -0.562. The maximum absolute atomic E-state index is 13.2. The predicted octanol–water partition coefficient (Wildman–Crippen LogP) is 6.70. The molecule has 0 aliphatic heterocycles. The lowest BCUT2D eigenvalue weighted by Gasteiger charge is -2.34. The monoisotopic (exact) mass is 414 g/mol. The highest BCUT2D eigenvalue weighted by atomic mass is 19.1. The Kier molecular flexibility index (Phi) is 5.73. The van der Waals surface area contributed by atoms with Crippen LogP contribution in [0.4, 0.5) is 15.8 Å². The fourth-order valence-corrected chi connectivity index (χ4v) is 4.37. The van der Waals surface area contributed by atoms with Gasteiger partial charge in [-0.15, -0.1) is 0 Å². The van der Waals surface area contributed by atoms with E-state index in [1.165, 1.54) is 18.3 Å². The number of carbonyl (C=O) groups is 1. The van der Waals surface area contributed by atoms with Crippen LogP contribution < -0.4 is 5.32 Å². The molecule has 0 radical (unpaired) electrons. The van der Waals surface area contributed by atoms with Crippen LogP contribution in [0.5, 0.6) is 0 Å². The maximum Gasteiger partial charge on any atom is 0.142 e. The molecule has 0 saturated heterocycles. The summed E-state index contributed by atoms with van der Waals surface area (Å²) in [7, 11) is 0. The number of Topliss-reactive ketones (excluding diaryl/α,β-unsaturated/α-hetero) is 1. The van der Waals surface area contributed by atoms with Crippen molar-refractivity contribution in [3.8, 4) is 0 Å². The summed E-state index contributed by atoms with van der Waals surface area (Å²) < 4.78 is 13.2. The Morgan fingerprint density at radius 2 is 1.71 bits per heavy atom. The zero-order valence-corrected chi connectivity index (χ0v) is 17.9. The number of nitrogens with one attached hydrogen (secondary N) is 2. The number of hydrogen-bond acceptors (Lipinski definition) is 3. The summed E-state index contributed by atoms with van der Waals surface area (Å²) in [6.45, 7) is 4.08. The third-order valence-electron chi connectivity index (χ3n) is 6.13. The zero-order chi connectivity index (χ0) is 22.0. The van der Waals surface area contributed by atoms with Gasteiger partial charge in [0.1, 0.15) is 11.6 Å². The Bertz CT molecular complexity index is 1090. The van der Waals surface area contributed by atoms with Crippen LogP contribution in [0.25, 0.3) is 0 Å². The Morgan fingerprint density at radius 1 is 1.03 bits per heavy atom. The highest BCUT2D eigenvalue weighted by Gasteiger charge is 2.45. The van der Waals surface area contributed by atoms with E-state index in [-0.39, 0.29) is 17.7 Å². The predicted molar refractivity (Wildman–Crippen MR) is 124 cm³/mol. The molecule has 0 heterocycles. The normalized spacial score (nSPS) is 14.7. The highest BCUT2D eigenvalue weighted by molar-refractivity contribution is 5.91. The first kappa shape index (κ1) is 21.0. The van der Waals surface area contributed by atoms with Crippen molar-refractivity contribution < 1.29 is 9.18 Å². The summed E-state index contributed by atoms with van der Waals surface area (Å²) >= 11 is 0. The third-order valence-corrected chi connectivity index (χ3v) is 6.13. The van der Waals surface area contributed by atoms with Crippen molar-refractivity contribution in [1.29, 1.82) is 5.41 Å². The molecular weight excluding hydrogens is 387 g/mol. The molecule has 3 aromatic rings. The van der Waals surface area contributed by atoms with Gasteiger partial charge in [-0.1, -0.05) is 50.2 Å². The lowest BCUT2D eigenvalue weighted by Crippen LogP contribution is -2.33. The van der Waals surface area contributed by atoms with Gasteiger partial charge in [0.05, 0.1) is 0 Å². The number of anilines is 2. The van der Waals surface area contributed by atoms with E-state index in [4.69, 9.17) is 5.41 Å². The van der Waals surface area contributed by atoms with E-state index in [2.05, 4.69) is 17.4 Å². The molecule has 2 N–H and O–H groups in total. The smallest absolute Gasteiger partial charge is 0.142 e. The van der Waals surface area contributed by atoms with Gasteiger partial charge in [0.2, 0.25) is 0 Å². The van der Waals surface area contributed by atoms with Crippen molar-refractivity contribution in [3.05, 3.63) is 95.3 Å². The van der Waals surface area contributed by atoms with Gasteiger partial charge in [-0.2, -0.15) is 0 Å². The topological polar surface area (TPSA) is 53.0 Å². The van der Waals surface area contributed by atoms with E-state index in [1.807, 2.05) is 50.2 Å². The number of halogens is 1. The van der Waals surface area contributed by atoms with Gasteiger partial charge < -0.3 is 10.7 Å². The first-order chi connectivity index (χ1) is 14.9. The van der Waals surface area contributed by atoms with Gasteiger partial charge >= 0.3 is 0 Å². The van der Waals surface area contributed by atoms with Crippen LogP contribution in [-0.4, -0.2) is 12.0 Å². The fourth-order valence-electron chi connectivity index (χ4n) is 4.37. The minimum absolute atomic E-state index is 0.111. The second kappa shape index (κ2) is 8.46.